The number of nitrogen functional groups attached to an aromatic ring is 1. The molecule has 0 saturated carbocycles. The smallest absolute Gasteiger partial charge is 0.0503 e. The molecule has 1 saturated heterocycles. The predicted octanol–water partition coefficient (Wildman–Crippen LogP) is -0.102. The fraction of sp³-hybridized carbons (Fsp3) is 0.444. The zero-order chi connectivity index (χ0) is 9.10. The third-order valence-electron chi connectivity index (χ3n) is 2.22. The second-order valence-corrected chi connectivity index (χ2v) is 3.26. The lowest BCUT2D eigenvalue weighted by atomic mass is 10.1. The molecule has 1 atom stereocenters. The van der Waals surface area contributed by atoms with Gasteiger partial charge in [-0.15, -0.1) is 0 Å². The summed E-state index contributed by atoms with van der Waals surface area (Å²) in [7, 11) is 0. The lowest BCUT2D eigenvalue weighted by Crippen LogP contribution is -2.42. The minimum absolute atomic E-state index is 0.352. The summed E-state index contributed by atoms with van der Waals surface area (Å²) >= 11 is 0. The van der Waals surface area contributed by atoms with Crippen molar-refractivity contribution in [2.75, 3.05) is 25.4 Å². The molecule has 0 bridgehead atoms. The lowest BCUT2D eigenvalue weighted by molar-refractivity contribution is 0.429. The SMILES string of the molecule is Nc1cncc([C@H]2CNCCN2)c1. The van der Waals surface area contributed by atoms with E-state index in [1.54, 1.807) is 6.20 Å². The van der Waals surface area contributed by atoms with E-state index >= 15 is 0 Å². The number of nitrogens with two attached hydrogens (primary N) is 1. The topological polar surface area (TPSA) is 63.0 Å². The number of aromatic nitrogens is 1. The number of hydrogen-bond donors (Lipinski definition) is 3. The molecule has 1 aliphatic heterocycles. The van der Waals surface area contributed by atoms with Gasteiger partial charge in [0, 0.05) is 38.1 Å². The van der Waals surface area contributed by atoms with Crippen LogP contribution in [0.15, 0.2) is 18.5 Å². The molecule has 13 heavy (non-hydrogen) atoms. The van der Waals surface area contributed by atoms with Crippen molar-refractivity contribution >= 4 is 5.69 Å². The van der Waals surface area contributed by atoms with Gasteiger partial charge in [-0.25, -0.2) is 0 Å². The standard InChI is InChI=1S/C9H14N4/c10-8-3-7(4-12-5-8)9-6-11-1-2-13-9/h3-5,9,11,13H,1-2,6,10H2/t9-/m1/s1. The van der Waals surface area contributed by atoms with E-state index in [1.165, 1.54) is 0 Å². The van der Waals surface area contributed by atoms with E-state index in [1.807, 2.05) is 12.3 Å². The fourth-order valence-electron chi connectivity index (χ4n) is 1.56. The van der Waals surface area contributed by atoms with E-state index in [0.717, 1.165) is 30.9 Å². The number of pyridine rings is 1. The molecule has 0 aliphatic carbocycles. The highest BCUT2D eigenvalue weighted by Crippen LogP contribution is 2.14. The molecule has 2 heterocycles. The minimum atomic E-state index is 0.352. The van der Waals surface area contributed by atoms with Crippen LogP contribution >= 0.6 is 0 Å². The molecular formula is C9H14N4. The first kappa shape index (κ1) is 8.47. The molecule has 2 rings (SSSR count). The van der Waals surface area contributed by atoms with Crippen LogP contribution in [0.1, 0.15) is 11.6 Å². The molecular weight excluding hydrogens is 164 g/mol. The fourth-order valence-corrected chi connectivity index (χ4v) is 1.56. The van der Waals surface area contributed by atoms with Gasteiger partial charge in [-0.1, -0.05) is 0 Å². The summed E-state index contributed by atoms with van der Waals surface area (Å²) < 4.78 is 0. The van der Waals surface area contributed by atoms with Crippen LogP contribution in [0, 0.1) is 0 Å². The van der Waals surface area contributed by atoms with Crippen LogP contribution in [-0.2, 0) is 0 Å². The number of rotatable bonds is 1. The molecule has 0 aromatic carbocycles. The van der Waals surface area contributed by atoms with Crippen LogP contribution in [0.2, 0.25) is 0 Å². The van der Waals surface area contributed by atoms with E-state index in [2.05, 4.69) is 15.6 Å². The Morgan fingerprint density at radius 2 is 2.31 bits per heavy atom. The van der Waals surface area contributed by atoms with Crippen molar-refractivity contribution in [1.29, 1.82) is 0 Å². The van der Waals surface area contributed by atoms with Gasteiger partial charge < -0.3 is 16.4 Å². The van der Waals surface area contributed by atoms with Crippen LogP contribution in [0.25, 0.3) is 0 Å². The van der Waals surface area contributed by atoms with Crippen LogP contribution in [0.4, 0.5) is 5.69 Å². The zero-order valence-corrected chi connectivity index (χ0v) is 7.46. The van der Waals surface area contributed by atoms with Gasteiger partial charge in [0.1, 0.15) is 0 Å². The van der Waals surface area contributed by atoms with E-state index in [-0.39, 0.29) is 0 Å². The Balaban J connectivity index is 2.14. The molecule has 0 amide bonds. The van der Waals surface area contributed by atoms with Gasteiger partial charge in [-0.2, -0.15) is 0 Å². The summed E-state index contributed by atoms with van der Waals surface area (Å²) in [4.78, 5) is 4.07. The van der Waals surface area contributed by atoms with Crippen LogP contribution < -0.4 is 16.4 Å². The van der Waals surface area contributed by atoms with E-state index in [0.29, 0.717) is 6.04 Å². The molecule has 1 aromatic heterocycles. The summed E-state index contributed by atoms with van der Waals surface area (Å²) in [6.07, 6.45) is 3.53. The third-order valence-corrected chi connectivity index (χ3v) is 2.22. The number of hydrogen-bond acceptors (Lipinski definition) is 4. The first-order chi connectivity index (χ1) is 6.36. The van der Waals surface area contributed by atoms with Gasteiger partial charge in [0.15, 0.2) is 0 Å². The summed E-state index contributed by atoms with van der Waals surface area (Å²) in [5.41, 5.74) is 7.54. The largest absolute Gasteiger partial charge is 0.397 e. The number of nitrogens with one attached hydrogen (secondary N) is 2. The van der Waals surface area contributed by atoms with Gasteiger partial charge in [0.2, 0.25) is 0 Å². The first-order valence-corrected chi connectivity index (χ1v) is 4.51. The van der Waals surface area contributed by atoms with Crippen molar-refractivity contribution in [2.24, 2.45) is 0 Å². The Morgan fingerprint density at radius 1 is 1.38 bits per heavy atom. The number of anilines is 1. The van der Waals surface area contributed by atoms with Gasteiger partial charge in [-0.3, -0.25) is 4.98 Å². The van der Waals surface area contributed by atoms with Gasteiger partial charge >= 0.3 is 0 Å². The Morgan fingerprint density at radius 3 is 3.00 bits per heavy atom. The summed E-state index contributed by atoms with van der Waals surface area (Å²) in [6, 6.07) is 2.32. The summed E-state index contributed by atoms with van der Waals surface area (Å²) in [6.45, 7) is 2.98. The minimum Gasteiger partial charge on any atom is -0.397 e. The average Bonchev–Trinajstić information content (AvgIpc) is 2.19. The molecule has 4 heteroatoms. The van der Waals surface area contributed by atoms with Crippen molar-refractivity contribution in [3.05, 3.63) is 24.0 Å². The van der Waals surface area contributed by atoms with Crippen molar-refractivity contribution in [3.63, 3.8) is 0 Å². The molecule has 1 aromatic rings. The number of nitrogens with zero attached hydrogens (tertiary/aromatic N) is 1. The highest BCUT2D eigenvalue weighted by atomic mass is 15.1. The van der Waals surface area contributed by atoms with Gasteiger partial charge in [-0.05, 0) is 11.6 Å². The van der Waals surface area contributed by atoms with E-state index < -0.39 is 0 Å². The van der Waals surface area contributed by atoms with E-state index in [9.17, 15) is 0 Å². The summed E-state index contributed by atoms with van der Waals surface area (Å²) in [5.74, 6) is 0. The molecule has 0 unspecified atom stereocenters. The maximum Gasteiger partial charge on any atom is 0.0503 e. The highest BCUT2D eigenvalue weighted by Gasteiger charge is 2.13. The van der Waals surface area contributed by atoms with Crippen molar-refractivity contribution in [3.8, 4) is 0 Å². The molecule has 4 N–H and O–H groups in total. The Hall–Kier alpha value is -1.13. The third kappa shape index (κ3) is 1.96. The molecule has 1 fully saturated rings. The van der Waals surface area contributed by atoms with Gasteiger partial charge in [0.05, 0.1) is 5.69 Å². The molecule has 1 aliphatic rings. The van der Waals surface area contributed by atoms with E-state index in [4.69, 9.17) is 5.73 Å². The normalized spacial score (nSPS) is 22.9. The van der Waals surface area contributed by atoms with Crippen molar-refractivity contribution in [2.45, 2.75) is 6.04 Å². The highest BCUT2D eigenvalue weighted by molar-refractivity contribution is 5.38. The molecule has 0 radical (unpaired) electrons. The van der Waals surface area contributed by atoms with Crippen LogP contribution in [0.5, 0.6) is 0 Å². The molecule has 4 nitrogen and oxygen atoms in total. The maximum atomic E-state index is 5.65. The van der Waals surface area contributed by atoms with Gasteiger partial charge in [0.25, 0.3) is 0 Å². The second-order valence-electron chi connectivity index (χ2n) is 3.26. The Bertz CT molecular complexity index is 281. The number of piperazine rings is 1. The quantitative estimate of drug-likeness (QED) is 0.562. The van der Waals surface area contributed by atoms with Crippen molar-refractivity contribution in [1.82, 2.24) is 15.6 Å². The molecule has 70 valence electrons. The lowest BCUT2D eigenvalue weighted by Gasteiger charge is -2.24. The summed E-state index contributed by atoms with van der Waals surface area (Å²) in [5, 5.41) is 6.73. The Labute approximate surface area is 77.5 Å². The molecule has 0 spiro atoms. The van der Waals surface area contributed by atoms with Crippen molar-refractivity contribution < 1.29 is 0 Å². The Kier molecular flexibility index (Phi) is 2.42. The monoisotopic (exact) mass is 178 g/mol. The maximum absolute atomic E-state index is 5.65. The average molecular weight is 178 g/mol. The zero-order valence-electron chi connectivity index (χ0n) is 7.46. The first-order valence-electron chi connectivity index (χ1n) is 4.51. The second kappa shape index (κ2) is 3.72. The predicted molar refractivity (Wildman–Crippen MR) is 52.3 cm³/mol. The van der Waals surface area contributed by atoms with Crippen LogP contribution in [-0.4, -0.2) is 24.6 Å². The van der Waals surface area contributed by atoms with Crippen LogP contribution in [0.3, 0.4) is 0 Å².